The molecular formula is C39H69N5O9. The molecule has 0 saturated heterocycles. The number of Topliss-reactive ketones (excluding diaryl/α,β-unsaturated/α-hetero) is 4. The first-order valence-corrected chi connectivity index (χ1v) is 20.1. The van der Waals surface area contributed by atoms with Crippen LogP contribution in [0.25, 0.3) is 0 Å². The molecule has 1 heterocycles. The van der Waals surface area contributed by atoms with Crippen molar-refractivity contribution >= 4 is 29.0 Å². The fraction of sp³-hybridized carbons (Fsp3) is 0.846. The molecule has 0 saturated carbocycles. The number of unbranched alkanes of at least 4 members (excludes halogenated alkanes) is 13. The van der Waals surface area contributed by atoms with Gasteiger partial charge in [0.15, 0.2) is 17.4 Å². The molecule has 1 aromatic rings. The summed E-state index contributed by atoms with van der Waals surface area (Å²) in [7, 11) is 0. The van der Waals surface area contributed by atoms with Crippen molar-refractivity contribution in [3.05, 3.63) is 5.82 Å². The van der Waals surface area contributed by atoms with Crippen LogP contribution in [-0.2, 0) is 49.3 Å². The molecule has 2 N–H and O–H groups in total. The molecule has 1 atom stereocenters. The normalized spacial score (nSPS) is 11.8. The van der Waals surface area contributed by atoms with E-state index in [1.165, 1.54) is 78.1 Å². The minimum absolute atomic E-state index is 0.0101. The molecule has 14 nitrogen and oxygen atoms in total. The molecule has 0 unspecified atom stereocenters. The third-order valence-electron chi connectivity index (χ3n) is 8.89. The van der Waals surface area contributed by atoms with Crippen LogP contribution in [0.5, 0.6) is 0 Å². The zero-order valence-corrected chi connectivity index (χ0v) is 32.8. The van der Waals surface area contributed by atoms with Crippen LogP contribution in [-0.4, -0.2) is 109 Å². The zero-order valence-electron chi connectivity index (χ0n) is 32.8. The number of nitrogens with zero attached hydrogens (tertiary/aromatic N) is 3. The maximum Gasteiger partial charge on any atom is 0.220 e. The van der Waals surface area contributed by atoms with E-state index >= 15 is 0 Å². The average Bonchev–Trinajstić information content (AvgIpc) is 3.65. The summed E-state index contributed by atoms with van der Waals surface area (Å²) in [6.45, 7) is 5.41. The Bertz CT molecular complexity index is 1090. The van der Waals surface area contributed by atoms with Crippen molar-refractivity contribution in [1.82, 2.24) is 25.9 Å². The second kappa shape index (κ2) is 34.8. The van der Waals surface area contributed by atoms with E-state index in [1.807, 2.05) is 0 Å². The molecule has 0 aromatic carbocycles. The standard InChI is InChI=1S/C39H69N5O9/c1-33(45)31-52-28-26-50-24-17-19-37(48)32-53-29-27-51-25-23-40-39(49)22-21-35(34(2)46)30-36(47)18-15-13-11-9-7-5-3-4-6-8-10-12-14-16-20-38-41-43-44-42-38/h35H,3-32H2,1-2H3,(H,40,49)(H,41,42,43,44)/t35-/m1/s1. The molecule has 0 aliphatic heterocycles. The van der Waals surface area contributed by atoms with E-state index < -0.39 is 5.92 Å². The quantitative estimate of drug-likeness (QED) is 0.0785. The predicted octanol–water partition coefficient (Wildman–Crippen LogP) is 5.66. The van der Waals surface area contributed by atoms with Gasteiger partial charge >= 0.3 is 0 Å². The summed E-state index contributed by atoms with van der Waals surface area (Å²) < 4.78 is 21.2. The molecule has 1 amide bonds. The summed E-state index contributed by atoms with van der Waals surface area (Å²) in [5.41, 5.74) is 0. The van der Waals surface area contributed by atoms with Gasteiger partial charge in [-0.25, -0.2) is 0 Å². The number of aromatic amines is 1. The third kappa shape index (κ3) is 32.2. The monoisotopic (exact) mass is 752 g/mol. The van der Waals surface area contributed by atoms with Gasteiger partial charge in [0.05, 0.1) is 33.0 Å². The minimum atomic E-state index is -0.419. The van der Waals surface area contributed by atoms with Crippen molar-refractivity contribution in [1.29, 1.82) is 0 Å². The Kier molecular flexibility index (Phi) is 31.6. The topological polar surface area (TPSA) is 189 Å². The van der Waals surface area contributed by atoms with Gasteiger partial charge in [-0.3, -0.25) is 24.0 Å². The van der Waals surface area contributed by atoms with E-state index in [4.69, 9.17) is 18.9 Å². The number of aryl methyl sites for hydroxylation is 1. The van der Waals surface area contributed by atoms with Crippen LogP contribution < -0.4 is 5.32 Å². The summed E-state index contributed by atoms with van der Waals surface area (Å²) in [5, 5.41) is 16.8. The molecule has 304 valence electrons. The van der Waals surface area contributed by atoms with Crippen LogP contribution in [0, 0.1) is 5.92 Å². The van der Waals surface area contributed by atoms with E-state index in [2.05, 4.69) is 25.9 Å². The molecule has 0 fully saturated rings. The fourth-order valence-electron chi connectivity index (χ4n) is 5.78. The molecule has 1 rings (SSSR count). The summed E-state index contributed by atoms with van der Waals surface area (Å²) in [6, 6.07) is 0. The Labute approximate surface area is 317 Å². The van der Waals surface area contributed by atoms with Gasteiger partial charge in [-0.1, -0.05) is 82.3 Å². The molecule has 1 aromatic heterocycles. The van der Waals surface area contributed by atoms with Crippen molar-refractivity contribution in [2.45, 2.75) is 149 Å². The van der Waals surface area contributed by atoms with E-state index in [-0.39, 0.29) is 61.7 Å². The Balaban J connectivity index is 1.89. The maximum atomic E-state index is 12.5. The van der Waals surface area contributed by atoms with Crippen molar-refractivity contribution < 1.29 is 42.9 Å². The van der Waals surface area contributed by atoms with Gasteiger partial charge in [-0.2, -0.15) is 5.21 Å². The lowest BCUT2D eigenvalue weighted by molar-refractivity contribution is -0.128. The fourth-order valence-corrected chi connectivity index (χ4v) is 5.78. The summed E-state index contributed by atoms with van der Waals surface area (Å²) in [5.74, 6) is 0.220. The lowest BCUT2D eigenvalue weighted by Crippen LogP contribution is -2.28. The lowest BCUT2D eigenvalue weighted by atomic mass is 9.91. The van der Waals surface area contributed by atoms with Gasteiger partial charge in [0, 0.05) is 51.2 Å². The van der Waals surface area contributed by atoms with Crippen molar-refractivity contribution in [2.75, 3.05) is 59.4 Å². The molecule has 53 heavy (non-hydrogen) atoms. The largest absolute Gasteiger partial charge is 0.379 e. The van der Waals surface area contributed by atoms with Crippen molar-refractivity contribution in [2.24, 2.45) is 5.92 Å². The first-order chi connectivity index (χ1) is 25.8. The van der Waals surface area contributed by atoms with E-state index in [1.54, 1.807) is 0 Å². The highest BCUT2D eigenvalue weighted by Crippen LogP contribution is 2.17. The average molecular weight is 752 g/mol. The van der Waals surface area contributed by atoms with Crippen LogP contribution in [0.1, 0.15) is 148 Å². The molecule has 0 aliphatic rings. The maximum absolute atomic E-state index is 12.5. The number of aromatic nitrogens is 4. The van der Waals surface area contributed by atoms with Gasteiger partial charge in [0.1, 0.15) is 24.8 Å². The number of carbonyl (C=O) groups is 5. The number of ether oxygens (including phenoxy) is 4. The highest BCUT2D eigenvalue weighted by Gasteiger charge is 2.19. The van der Waals surface area contributed by atoms with E-state index in [9.17, 15) is 24.0 Å². The summed E-state index contributed by atoms with van der Waals surface area (Å²) in [4.78, 5) is 59.6. The van der Waals surface area contributed by atoms with Gasteiger partial charge in [-0.15, -0.1) is 10.2 Å². The predicted molar refractivity (Wildman–Crippen MR) is 201 cm³/mol. The van der Waals surface area contributed by atoms with Crippen molar-refractivity contribution in [3.63, 3.8) is 0 Å². The second-order valence-electron chi connectivity index (χ2n) is 13.9. The molecule has 0 aliphatic carbocycles. The lowest BCUT2D eigenvalue weighted by Gasteiger charge is -2.13. The zero-order chi connectivity index (χ0) is 38.6. The Morgan fingerprint density at radius 1 is 0.604 bits per heavy atom. The second-order valence-corrected chi connectivity index (χ2v) is 13.9. The smallest absolute Gasteiger partial charge is 0.220 e. The molecular weight excluding hydrogens is 682 g/mol. The first-order valence-electron chi connectivity index (χ1n) is 20.1. The number of nitrogens with one attached hydrogen (secondary N) is 2. The first kappa shape index (κ1) is 48.1. The molecule has 0 radical (unpaired) electrons. The highest BCUT2D eigenvalue weighted by atomic mass is 16.5. The number of rotatable bonds is 40. The number of tetrazole rings is 1. The van der Waals surface area contributed by atoms with E-state index in [0.717, 1.165) is 37.9 Å². The van der Waals surface area contributed by atoms with Crippen LogP contribution in [0.4, 0.5) is 0 Å². The van der Waals surface area contributed by atoms with E-state index in [0.29, 0.717) is 65.3 Å². The molecule has 14 heteroatoms. The minimum Gasteiger partial charge on any atom is -0.379 e. The van der Waals surface area contributed by atoms with Crippen LogP contribution >= 0.6 is 0 Å². The van der Waals surface area contributed by atoms with Gasteiger partial charge < -0.3 is 24.3 Å². The number of amides is 1. The number of H-pyrrole nitrogens is 1. The molecule has 0 bridgehead atoms. The van der Waals surface area contributed by atoms with Gasteiger partial charge in [0.2, 0.25) is 5.91 Å². The van der Waals surface area contributed by atoms with Crippen LogP contribution in [0.2, 0.25) is 0 Å². The number of ketones is 4. The third-order valence-corrected chi connectivity index (χ3v) is 8.89. The Morgan fingerprint density at radius 3 is 1.74 bits per heavy atom. The Morgan fingerprint density at radius 2 is 1.15 bits per heavy atom. The highest BCUT2D eigenvalue weighted by molar-refractivity contribution is 5.87. The van der Waals surface area contributed by atoms with Gasteiger partial charge in [0.25, 0.3) is 0 Å². The van der Waals surface area contributed by atoms with Crippen LogP contribution in [0.15, 0.2) is 0 Å². The molecule has 0 spiro atoms. The van der Waals surface area contributed by atoms with Crippen LogP contribution in [0.3, 0.4) is 0 Å². The Hall–Kier alpha value is -2.94. The number of hydrogen-bond donors (Lipinski definition) is 2. The number of hydrogen-bond acceptors (Lipinski definition) is 12. The summed E-state index contributed by atoms with van der Waals surface area (Å²) >= 11 is 0. The number of carbonyl (C=O) groups excluding carboxylic acids is 5. The summed E-state index contributed by atoms with van der Waals surface area (Å²) in [6.07, 6.45) is 20.1. The SMILES string of the molecule is CC(=O)COCCOCCCC(=O)COCCOCCNC(=O)CC[C@H](CC(=O)CCCCCCCCCCCCCCCCc1nn[nH]n1)C(C)=O. The van der Waals surface area contributed by atoms with Gasteiger partial charge in [-0.05, 0) is 39.5 Å². The van der Waals surface area contributed by atoms with Crippen molar-refractivity contribution in [3.8, 4) is 0 Å².